The van der Waals surface area contributed by atoms with Gasteiger partial charge >= 0.3 is 6.18 Å². The third-order valence-corrected chi connectivity index (χ3v) is 3.76. The van der Waals surface area contributed by atoms with Gasteiger partial charge in [-0.2, -0.15) is 13.2 Å². The molecule has 0 spiro atoms. The second-order valence-electron chi connectivity index (χ2n) is 5.23. The number of phenolic OH excluding ortho intramolecular Hbond substituents is 1. The number of benzene rings is 1. The lowest BCUT2D eigenvalue weighted by Crippen LogP contribution is -2.32. The van der Waals surface area contributed by atoms with Crippen molar-refractivity contribution >= 4 is 5.69 Å². The van der Waals surface area contributed by atoms with Crippen molar-refractivity contribution in [2.45, 2.75) is 44.8 Å². The van der Waals surface area contributed by atoms with E-state index in [-0.39, 0.29) is 24.6 Å². The fraction of sp³-hybridized carbons (Fsp3) is 0.571. The maximum Gasteiger partial charge on any atom is 0.391 e. The Morgan fingerprint density at radius 2 is 1.79 bits per heavy atom. The zero-order chi connectivity index (χ0) is 14.0. The summed E-state index contributed by atoms with van der Waals surface area (Å²) < 4.78 is 37.7. The van der Waals surface area contributed by atoms with E-state index in [9.17, 15) is 18.3 Å². The number of phenols is 1. The van der Waals surface area contributed by atoms with Crippen LogP contribution in [-0.4, -0.2) is 17.3 Å². The minimum absolute atomic E-state index is 0.0850. The molecule has 0 aromatic heterocycles. The Hall–Kier alpha value is -1.39. The van der Waals surface area contributed by atoms with E-state index in [1.165, 1.54) is 0 Å². The van der Waals surface area contributed by atoms with Crippen LogP contribution in [0.4, 0.5) is 18.9 Å². The lowest BCUT2D eigenvalue weighted by Gasteiger charge is -2.31. The van der Waals surface area contributed by atoms with Crippen molar-refractivity contribution in [3.63, 3.8) is 0 Å². The highest BCUT2D eigenvalue weighted by Crippen LogP contribution is 2.38. The van der Waals surface area contributed by atoms with E-state index in [0.717, 1.165) is 11.3 Å². The second kappa shape index (κ2) is 5.31. The van der Waals surface area contributed by atoms with Crippen LogP contribution in [-0.2, 0) is 0 Å². The Balaban J connectivity index is 1.92. The highest BCUT2D eigenvalue weighted by atomic mass is 19.4. The van der Waals surface area contributed by atoms with E-state index < -0.39 is 12.1 Å². The normalized spacial score (nSPS) is 24.2. The zero-order valence-corrected chi connectivity index (χ0v) is 10.8. The van der Waals surface area contributed by atoms with Crippen molar-refractivity contribution in [1.29, 1.82) is 0 Å². The Morgan fingerprint density at radius 1 is 1.16 bits per heavy atom. The quantitative estimate of drug-likeness (QED) is 0.790. The van der Waals surface area contributed by atoms with Gasteiger partial charge in [0.1, 0.15) is 5.75 Å². The maximum absolute atomic E-state index is 12.6. The summed E-state index contributed by atoms with van der Waals surface area (Å²) in [6, 6.07) is 5.07. The molecule has 106 valence electrons. The first kappa shape index (κ1) is 14.0. The summed E-state index contributed by atoms with van der Waals surface area (Å²) in [7, 11) is 0. The van der Waals surface area contributed by atoms with Crippen molar-refractivity contribution in [3.8, 4) is 5.75 Å². The van der Waals surface area contributed by atoms with Gasteiger partial charge in [-0.25, -0.2) is 0 Å². The molecule has 2 nitrogen and oxygen atoms in total. The molecule has 1 aliphatic carbocycles. The number of aromatic hydroxyl groups is 1. The van der Waals surface area contributed by atoms with Crippen LogP contribution in [0, 0.1) is 12.8 Å². The van der Waals surface area contributed by atoms with Gasteiger partial charge in [0.25, 0.3) is 0 Å². The van der Waals surface area contributed by atoms with Gasteiger partial charge in [-0.05, 0) is 56.4 Å². The number of aryl methyl sites for hydroxylation is 1. The number of nitrogens with one attached hydrogen (secondary N) is 1. The first-order valence-corrected chi connectivity index (χ1v) is 6.49. The summed E-state index contributed by atoms with van der Waals surface area (Å²) in [5.74, 6) is -0.949. The molecule has 5 heteroatoms. The molecule has 1 aromatic rings. The third-order valence-electron chi connectivity index (χ3n) is 3.76. The van der Waals surface area contributed by atoms with E-state index in [0.29, 0.717) is 12.8 Å². The summed E-state index contributed by atoms with van der Waals surface area (Å²) in [6.45, 7) is 1.86. The average Bonchev–Trinajstić information content (AvgIpc) is 2.32. The van der Waals surface area contributed by atoms with E-state index in [1.54, 1.807) is 18.2 Å². The first-order valence-electron chi connectivity index (χ1n) is 6.49. The van der Waals surface area contributed by atoms with Crippen LogP contribution in [0.1, 0.15) is 31.2 Å². The van der Waals surface area contributed by atoms with Crippen molar-refractivity contribution in [2.75, 3.05) is 5.32 Å². The van der Waals surface area contributed by atoms with E-state index in [2.05, 4.69) is 5.32 Å². The summed E-state index contributed by atoms with van der Waals surface area (Å²) in [5.41, 5.74) is 1.78. The van der Waals surface area contributed by atoms with Crippen LogP contribution in [0.15, 0.2) is 18.2 Å². The van der Waals surface area contributed by atoms with Crippen LogP contribution in [0.25, 0.3) is 0 Å². The van der Waals surface area contributed by atoms with Gasteiger partial charge in [-0.3, -0.25) is 0 Å². The molecule has 0 unspecified atom stereocenters. The van der Waals surface area contributed by atoms with Gasteiger partial charge in [0.15, 0.2) is 0 Å². The molecule has 0 atom stereocenters. The van der Waals surface area contributed by atoms with Crippen LogP contribution in [0.2, 0.25) is 0 Å². The molecule has 0 bridgehead atoms. The molecule has 19 heavy (non-hydrogen) atoms. The Kier molecular flexibility index (Phi) is 3.92. The Bertz CT molecular complexity index is 437. The molecule has 0 amide bonds. The molecule has 0 saturated heterocycles. The molecule has 2 rings (SSSR count). The molecular weight excluding hydrogens is 255 g/mol. The predicted molar refractivity (Wildman–Crippen MR) is 68.3 cm³/mol. The van der Waals surface area contributed by atoms with E-state index >= 15 is 0 Å². The lowest BCUT2D eigenvalue weighted by atomic mass is 9.85. The van der Waals surface area contributed by atoms with Gasteiger partial charge in [-0.15, -0.1) is 0 Å². The Labute approximate surface area is 110 Å². The van der Waals surface area contributed by atoms with Gasteiger partial charge in [-0.1, -0.05) is 0 Å². The van der Waals surface area contributed by atoms with Crippen LogP contribution >= 0.6 is 0 Å². The maximum atomic E-state index is 12.6. The molecule has 2 N–H and O–H groups in total. The van der Waals surface area contributed by atoms with E-state index in [1.807, 2.05) is 6.92 Å². The number of rotatable bonds is 2. The fourth-order valence-electron chi connectivity index (χ4n) is 2.59. The third kappa shape index (κ3) is 3.55. The monoisotopic (exact) mass is 273 g/mol. The van der Waals surface area contributed by atoms with Gasteiger partial charge < -0.3 is 10.4 Å². The second-order valence-corrected chi connectivity index (χ2v) is 5.23. The molecular formula is C14H18F3NO. The fourth-order valence-corrected chi connectivity index (χ4v) is 2.59. The van der Waals surface area contributed by atoms with Gasteiger partial charge in [0.05, 0.1) is 5.92 Å². The zero-order valence-electron chi connectivity index (χ0n) is 10.8. The smallest absolute Gasteiger partial charge is 0.391 e. The SMILES string of the molecule is Cc1cc(O)ccc1NC1CCC(C(F)(F)F)CC1. The van der Waals surface area contributed by atoms with Crippen LogP contribution < -0.4 is 5.32 Å². The molecule has 1 aliphatic rings. The minimum Gasteiger partial charge on any atom is -0.508 e. The lowest BCUT2D eigenvalue weighted by molar-refractivity contribution is -0.182. The van der Waals surface area contributed by atoms with E-state index in [4.69, 9.17) is 0 Å². The number of anilines is 1. The standard InChI is InChI=1S/C14H18F3NO/c1-9-8-12(19)6-7-13(9)18-11-4-2-10(3-5-11)14(15,16)17/h6-8,10-11,18-19H,2-5H2,1H3. The molecule has 0 radical (unpaired) electrons. The number of alkyl halides is 3. The van der Waals surface area contributed by atoms with Crippen molar-refractivity contribution in [3.05, 3.63) is 23.8 Å². The largest absolute Gasteiger partial charge is 0.508 e. The average molecular weight is 273 g/mol. The molecule has 1 aromatic carbocycles. The summed E-state index contributed by atoms with van der Waals surface area (Å²) in [6.07, 6.45) is -2.61. The molecule has 1 saturated carbocycles. The number of halogens is 3. The van der Waals surface area contributed by atoms with Crippen molar-refractivity contribution < 1.29 is 18.3 Å². The number of hydrogen-bond acceptors (Lipinski definition) is 2. The predicted octanol–water partition coefficient (Wildman–Crippen LogP) is 4.23. The molecule has 0 heterocycles. The summed E-state index contributed by atoms with van der Waals surface area (Å²) in [5, 5.41) is 12.6. The summed E-state index contributed by atoms with van der Waals surface area (Å²) >= 11 is 0. The molecule has 0 aliphatic heterocycles. The van der Waals surface area contributed by atoms with Gasteiger partial charge in [0.2, 0.25) is 0 Å². The molecule has 1 fully saturated rings. The van der Waals surface area contributed by atoms with Crippen LogP contribution in [0.5, 0.6) is 5.75 Å². The highest BCUT2D eigenvalue weighted by molar-refractivity contribution is 5.53. The topological polar surface area (TPSA) is 32.3 Å². The summed E-state index contributed by atoms with van der Waals surface area (Å²) in [4.78, 5) is 0. The Morgan fingerprint density at radius 3 is 2.32 bits per heavy atom. The van der Waals surface area contributed by atoms with Crippen LogP contribution in [0.3, 0.4) is 0 Å². The van der Waals surface area contributed by atoms with Gasteiger partial charge in [0, 0.05) is 11.7 Å². The minimum atomic E-state index is -4.06. The number of hydrogen-bond donors (Lipinski definition) is 2. The van der Waals surface area contributed by atoms with Crippen molar-refractivity contribution in [1.82, 2.24) is 0 Å². The van der Waals surface area contributed by atoms with Crippen molar-refractivity contribution in [2.24, 2.45) is 5.92 Å². The first-order chi connectivity index (χ1) is 8.86. The highest BCUT2D eigenvalue weighted by Gasteiger charge is 2.41.